The van der Waals surface area contributed by atoms with Crippen LogP contribution in [0.2, 0.25) is 0 Å². The maximum Gasteiger partial charge on any atom is 0.269 e. The number of nitrogens with one attached hydrogen (secondary N) is 1. The van der Waals surface area contributed by atoms with E-state index in [1.165, 1.54) is 12.1 Å². The summed E-state index contributed by atoms with van der Waals surface area (Å²) in [5, 5.41) is 13.6. The molecule has 1 amide bonds. The van der Waals surface area contributed by atoms with Gasteiger partial charge >= 0.3 is 0 Å². The van der Waals surface area contributed by atoms with Gasteiger partial charge in [-0.1, -0.05) is 0 Å². The lowest BCUT2D eigenvalue weighted by molar-refractivity contribution is -0.384. The highest BCUT2D eigenvalue weighted by Crippen LogP contribution is 2.22. The number of hydrogen-bond acceptors (Lipinski definition) is 4. The quantitative estimate of drug-likeness (QED) is 0.600. The molecular weight excluding hydrogens is 222 g/mol. The van der Waals surface area contributed by atoms with Crippen molar-refractivity contribution >= 4 is 17.3 Å². The van der Waals surface area contributed by atoms with Crippen molar-refractivity contribution in [2.75, 3.05) is 5.32 Å². The van der Waals surface area contributed by atoms with Gasteiger partial charge in [0.15, 0.2) is 0 Å². The maximum atomic E-state index is 10.7. The van der Waals surface area contributed by atoms with E-state index in [-0.39, 0.29) is 24.1 Å². The second-order valence-corrected chi connectivity index (χ2v) is 3.97. The number of benzene rings is 1. The average Bonchev–Trinajstić information content (AvgIpc) is 2.19. The van der Waals surface area contributed by atoms with Crippen LogP contribution in [0.15, 0.2) is 18.2 Å². The summed E-state index contributed by atoms with van der Waals surface area (Å²) < 4.78 is 0. The lowest BCUT2D eigenvalue weighted by atomic mass is 10.1. The summed E-state index contributed by atoms with van der Waals surface area (Å²) in [6, 6.07) is 4.43. The SMILES string of the molecule is Cc1cc([N+](=O)[O-])ccc1NC(C)CC(N)=O. The second kappa shape index (κ2) is 5.29. The van der Waals surface area contributed by atoms with Crippen LogP contribution in [0.25, 0.3) is 0 Å². The molecule has 0 saturated heterocycles. The molecule has 0 fully saturated rings. The van der Waals surface area contributed by atoms with E-state index in [1.807, 2.05) is 6.92 Å². The van der Waals surface area contributed by atoms with Gasteiger partial charge in [0.05, 0.1) is 4.92 Å². The number of nitro benzene ring substituents is 1. The normalized spacial score (nSPS) is 11.9. The zero-order valence-electron chi connectivity index (χ0n) is 9.77. The Morgan fingerprint density at radius 2 is 2.24 bits per heavy atom. The van der Waals surface area contributed by atoms with Crippen LogP contribution < -0.4 is 11.1 Å². The molecule has 0 aromatic heterocycles. The Kier molecular flexibility index (Phi) is 4.03. The Morgan fingerprint density at radius 1 is 1.59 bits per heavy atom. The van der Waals surface area contributed by atoms with Gasteiger partial charge in [-0.25, -0.2) is 0 Å². The van der Waals surface area contributed by atoms with Crippen molar-refractivity contribution in [3.63, 3.8) is 0 Å². The number of nitrogens with two attached hydrogens (primary N) is 1. The molecule has 0 aliphatic heterocycles. The average molecular weight is 237 g/mol. The van der Waals surface area contributed by atoms with Crippen molar-refractivity contribution in [3.8, 4) is 0 Å². The van der Waals surface area contributed by atoms with Crippen LogP contribution in [-0.4, -0.2) is 16.9 Å². The van der Waals surface area contributed by atoms with Crippen LogP contribution in [0.1, 0.15) is 18.9 Å². The number of carbonyl (C=O) groups excluding carboxylic acids is 1. The maximum absolute atomic E-state index is 10.7. The van der Waals surface area contributed by atoms with Crippen LogP contribution in [0.5, 0.6) is 0 Å². The molecule has 3 N–H and O–H groups in total. The van der Waals surface area contributed by atoms with Crippen molar-refractivity contribution in [2.24, 2.45) is 5.73 Å². The Hall–Kier alpha value is -2.11. The molecule has 0 aliphatic rings. The van der Waals surface area contributed by atoms with Gasteiger partial charge in [0.2, 0.25) is 5.91 Å². The number of carbonyl (C=O) groups is 1. The van der Waals surface area contributed by atoms with Crippen LogP contribution in [0.4, 0.5) is 11.4 Å². The van der Waals surface area contributed by atoms with E-state index in [1.54, 1.807) is 13.0 Å². The highest BCUT2D eigenvalue weighted by molar-refractivity contribution is 5.75. The summed E-state index contributed by atoms with van der Waals surface area (Å²) in [6.07, 6.45) is 0.219. The molecule has 0 aliphatic carbocycles. The van der Waals surface area contributed by atoms with Crippen LogP contribution in [0.3, 0.4) is 0 Å². The second-order valence-electron chi connectivity index (χ2n) is 3.97. The number of hydrogen-bond donors (Lipinski definition) is 2. The first kappa shape index (κ1) is 13.0. The van der Waals surface area contributed by atoms with Crippen molar-refractivity contribution in [1.29, 1.82) is 0 Å². The van der Waals surface area contributed by atoms with Gasteiger partial charge in [0, 0.05) is 30.3 Å². The molecule has 1 aromatic rings. The zero-order valence-corrected chi connectivity index (χ0v) is 9.77. The van der Waals surface area contributed by atoms with E-state index in [0.717, 1.165) is 11.3 Å². The Morgan fingerprint density at radius 3 is 2.71 bits per heavy atom. The summed E-state index contributed by atoms with van der Waals surface area (Å²) in [6.45, 7) is 3.60. The number of aryl methyl sites for hydroxylation is 1. The highest BCUT2D eigenvalue weighted by Gasteiger charge is 2.10. The summed E-state index contributed by atoms with van der Waals surface area (Å²) in [5.41, 5.74) is 6.66. The van der Waals surface area contributed by atoms with Gasteiger partial charge in [-0.05, 0) is 25.5 Å². The lowest BCUT2D eigenvalue weighted by Gasteiger charge is -2.15. The molecular formula is C11H15N3O3. The predicted molar refractivity (Wildman–Crippen MR) is 64.7 cm³/mol. The fourth-order valence-corrected chi connectivity index (χ4v) is 1.54. The van der Waals surface area contributed by atoms with E-state index < -0.39 is 4.92 Å². The molecule has 1 unspecified atom stereocenters. The molecule has 6 heteroatoms. The van der Waals surface area contributed by atoms with Gasteiger partial charge < -0.3 is 11.1 Å². The molecule has 92 valence electrons. The standard InChI is InChI=1S/C11H15N3O3/c1-7-5-9(14(16)17)3-4-10(7)13-8(2)6-11(12)15/h3-5,8,13H,6H2,1-2H3,(H2,12,15). The zero-order chi connectivity index (χ0) is 13.0. The smallest absolute Gasteiger partial charge is 0.269 e. The highest BCUT2D eigenvalue weighted by atomic mass is 16.6. The van der Waals surface area contributed by atoms with Gasteiger partial charge in [0.25, 0.3) is 5.69 Å². The van der Waals surface area contributed by atoms with E-state index >= 15 is 0 Å². The molecule has 0 spiro atoms. The van der Waals surface area contributed by atoms with E-state index in [0.29, 0.717) is 0 Å². The molecule has 0 saturated carbocycles. The fraction of sp³-hybridized carbons (Fsp3) is 0.364. The van der Waals surface area contributed by atoms with Gasteiger partial charge in [-0.15, -0.1) is 0 Å². The Labute approximate surface area is 99.0 Å². The molecule has 1 aromatic carbocycles. The van der Waals surface area contributed by atoms with E-state index in [4.69, 9.17) is 5.73 Å². The summed E-state index contributed by atoms with van der Waals surface area (Å²) in [7, 11) is 0. The van der Waals surface area contributed by atoms with Crippen molar-refractivity contribution < 1.29 is 9.72 Å². The van der Waals surface area contributed by atoms with Crippen molar-refractivity contribution in [3.05, 3.63) is 33.9 Å². The lowest BCUT2D eigenvalue weighted by Crippen LogP contribution is -2.24. The van der Waals surface area contributed by atoms with Crippen LogP contribution >= 0.6 is 0 Å². The minimum Gasteiger partial charge on any atom is -0.382 e. The molecule has 6 nitrogen and oxygen atoms in total. The number of non-ortho nitro benzene ring substituents is 1. The molecule has 0 heterocycles. The van der Waals surface area contributed by atoms with Crippen molar-refractivity contribution in [1.82, 2.24) is 0 Å². The number of rotatable bonds is 5. The number of anilines is 1. The van der Waals surface area contributed by atoms with Crippen LogP contribution in [0, 0.1) is 17.0 Å². The summed E-state index contributed by atoms with van der Waals surface area (Å²) in [5.74, 6) is -0.385. The fourth-order valence-electron chi connectivity index (χ4n) is 1.54. The Balaban J connectivity index is 2.79. The van der Waals surface area contributed by atoms with E-state index in [9.17, 15) is 14.9 Å². The third-order valence-electron chi connectivity index (χ3n) is 2.33. The molecule has 1 atom stereocenters. The molecule has 0 bridgehead atoms. The van der Waals surface area contributed by atoms with E-state index in [2.05, 4.69) is 5.32 Å². The number of primary amides is 1. The first-order valence-corrected chi connectivity index (χ1v) is 5.20. The minimum absolute atomic E-state index is 0.0515. The third kappa shape index (κ3) is 3.75. The number of nitrogens with zero attached hydrogens (tertiary/aromatic N) is 1. The third-order valence-corrected chi connectivity index (χ3v) is 2.33. The predicted octanol–water partition coefficient (Wildman–Crippen LogP) is 1.58. The van der Waals surface area contributed by atoms with Gasteiger partial charge in [0.1, 0.15) is 0 Å². The van der Waals surface area contributed by atoms with Crippen LogP contribution in [-0.2, 0) is 4.79 Å². The molecule has 1 rings (SSSR count). The summed E-state index contributed by atoms with van der Waals surface area (Å²) in [4.78, 5) is 20.8. The largest absolute Gasteiger partial charge is 0.382 e. The van der Waals surface area contributed by atoms with Crippen molar-refractivity contribution in [2.45, 2.75) is 26.3 Å². The number of amides is 1. The molecule has 0 radical (unpaired) electrons. The Bertz CT molecular complexity index is 446. The minimum atomic E-state index is -0.441. The first-order chi connectivity index (χ1) is 7.90. The van der Waals surface area contributed by atoms with Gasteiger partial charge in [-0.3, -0.25) is 14.9 Å². The first-order valence-electron chi connectivity index (χ1n) is 5.20. The topological polar surface area (TPSA) is 98.3 Å². The number of nitro groups is 1. The summed E-state index contributed by atoms with van der Waals surface area (Å²) >= 11 is 0. The monoisotopic (exact) mass is 237 g/mol. The molecule has 17 heavy (non-hydrogen) atoms. The van der Waals surface area contributed by atoms with Gasteiger partial charge in [-0.2, -0.15) is 0 Å².